The van der Waals surface area contributed by atoms with Crippen molar-refractivity contribution in [3.63, 3.8) is 0 Å². The molecule has 0 aliphatic carbocycles. The molecule has 1 aliphatic rings. The molecular weight excluding hydrogens is 372 g/mol. The molecule has 6 nitrogen and oxygen atoms in total. The van der Waals surface area contributed by atoms with Gasteiger partial charge in [0.2, 0.25) is 5.91 Å². The van der Waals surface area contributed by atoms with Gasteiger partial charge in [-0.3, -0.25) is 9.69 Å². The molecule has 1 aromatic heterocycles. The van der Waals surface area contributed by atoms with Crippen LogP contribution in [0.3, 0.4) is 0 Å². The first-order valence-electron chi connectivity index (χ1n) is 9.39. The van der Waals surface area contributed by atoms with E-state index in [2.05, 4.69) is 44.4 Å². The lowest BCUT2D eigenvalue weighted by molar-refractivity contribution is -0.117. The molecule has 0 atom stereocenters. The lowest BCUT2D eigenvalue weighted by Crippen LogP contribution is -2.48. The molecule has 0 saturated carbocycles. The molecule has 0 bridgehead atoms. The van der Waals surface area contributed by atoms with E-state index in [4.69, 9.17) is 4.74 Å². The maximum absolute atomic E-state index is 12.4. The van der Waals surface area contributed by atoms with Crippen LogP contribution in [-0.2, 0) is 4.79 Å². The minimum absolute atomic E-state index is 0.00586. The van der Waals surface area contributed by atoms with Gasteiger partial charge in [0.1, 0.15) is 5.75 Å². The lowest BCUT2D eigenvalue weighted by Gasteiger charge is -2.35. The summed E-state index contributed by atoms with van der Waals surface area (Å²) in [5.74, 6) is 0.859. The summed E-state index contributed by atoms with van der Waals surface area (Å²) < 4.78 is 6.31. The number of carbonyl (C=O) groups is 1. The van der Waals surface area contributed by atoms with Gasteiger partial charge in [0.15, 0.2) is 5.13 Å². The average molecular weight is 397 g/mol. The van der Waals surface area contributed by atoms with E-state index in [1.807, 2.05) is 25.1 Å². The van der Waals surface area contributed by atoms with Crippen molar-refractivity contribution in [1.29, 1.82) is 0 Å². The lowest BCUT2D eigenvalue weighted by atomic mass is 10.2. The molecule has 0 radical (unpaired) electrons. The Morgan fingerprint density at radius 1 is 1.14 bits per heavy atom. The third kappa shape index (κ3) is 4.26. The topological polar surface area (TPSA) is 57.7 Å². The highest BCUT2D eigenvalue weighted by Crippen LogP contribution is 2.26. The molecule has 1 aliphatic heterocycles. The number of nitrogens with one attached hydrogen (secondary N) is 1. The molecule has 3 aromatic rings. The third-order valence-electron chi connectivity index (χ3n) is 4.97. The van der Waals surface area contributed by atoms with Gasteiger partial charge < -0.3 is 15.0 Å². The first-order chi connectivity index (χ1) is 13.6. The Balaban J connectivity index is 1.29. The summed E-state index contributed by atoms with van der Waals surface area (Å²) in [6, 6.07) is 14.3. The summed E-state index contributed by atoms with van der Waals surface area (Å²) in [7, 11) is 1.67. The number of aromatic nitrogens is 1. The first kappa shape index (κ1) is 18.7. The van der Waals surface area contributed by atoms with Gasteiger partial charge in [-0.15, -0.1) is 0 Å². The van der Waals surface area contributed by atoms with Crippen LogP contribution in [0.2, 0.25) is 0 Å². The summed E-state index contributed by atoms with van der Waals surface area (Å²) in [5.41, 5.74) is 3.30. The molecule has 4 rings (SSSR count). The number of nitrogens with zero attached hydrogens (tertiary/aromatic N) is 3. The van der Waals surface area contributed by atoms with Crippen molar-refractivity contribution in [1.82, 2.24) is 9.88 Å². The summed E-state index contributed by atoms with van der Waals surface area (Å²) in [6.07, 6.45) is 0. The van der Waals surface area contributed by atoms with Crippen LogP contribution in [-0.4, -0.2) is 55.6 Å². The molecule has 1 amide bonds. The number of hydrogen-bond acceptors (Lipinski definition) is 6. The van der Waals surface area contributed by atoms with Gasteiger partial charge in [-0.1, -0.05) is 17.4 Å². The fourth-order valence-corrected chi connectivity index (χ4v) is 4.27. The molecular formula is C21H24N4O2S. The Bertz CT molecular complexity index is 962. The molecule has 2 heterocycles. The van der Waals surface area contributed by atoms with Crippen LogP contribution in [0.1, 0.15) is 5.56 Å². The van der Waals surface area contributed by atoms with Gasteiger partial charge in [-0.25, -0.2) is 4.98 Å². The van der Waals surface area contributed by atoms with Crippen molar-refractivity contribution < 1.29 is 9.53 Å². The quantitative estimate of drug-likeness (QED) is 0.717. The summed E-state index contributed by atoms with van der Waals surface area (Å²) in [6.45, 7) is 5.96. The molecule has 1 N–H and O–H groups in total. The zero-order valence-corrected chi connectivity index (χ0v) is 17.0. The van der Waals surface area contributed by atoms with Crippen molar-refractivity contribution in [3.05, 3.63) is 48.0 Å². The standard InChI is InChI=1S/C21H24N4O2S/c1-15-3-8-19-18(13-15)22-21(28-19)23-20(26)14-24-9-11-25(12-10-24)16-4-6-17(27-2)7-5-16/h3-8,13H,9-12,14H2,1-2H3,(H,22,23,26). The number of thiazole rings is 1. The van der Waals surface area contributed by atoms with Crippen LogP contribution >= 0.6 is 11.3 Å². The van der Waals surface area contributed by atoms with Crippen LogP contribution in [0.25, 0.3) is 10.2 Å². The Morgan fingerprint density at radius 2 is 1.89 bits per heavy atom. The first-order valence-corrected chi connectivity index (χ1v) is 10.2. The van der Waals surface area contributed by atoms with E-state index in [0.29, 0.717) is 11.7 Å². The van der Waals surface area contributed by atoms with Crippen molar-refractivity contribution in [3.8, 4) is 5.75 Å². The number of fused-ring (bicyclic) bond motifs is 1. The van der Waals surface area contributed by atoms with Crippen LogP contribution < -0.4 is 15.0 Å². The second-order valence-electron chi connectivity index (χ2n) is 7.00. The zero-order valence-electron chi connectivity index (χ0n) is 16.1. The van der Waals surface area contributed by atoms with Gasteiger partial charge in [0, 0.05) is 31.9 Å². The number of hydrogen-bond donors (Lipinski definition) is 1. The third-order valence-corrected chi connectivity index (χ3v) is 5.92. The number of methoxy groups -OCH3 is 1. The number of ether oxygens (including phenoxy) is 1. The van der Waals surface area contributed by atoms with Gasteiger partial charge >= 0.3 is 0 Å². The Hall–Kier alpha value is -2.64. The van der Waals surface area contributed by atoms with Crippen molar-refractivity contribution in [2.24, 2.45) is 0 Å². The Morgan fingerprint density at radius 3 is 2.61 bits per heavy atom. The molecule has 1 fully saturated rings. The van der Waals surface area contributed by atoms with Crippen LogP contribution in [0.15, 0.2) is 42.5 Å². The number of amides is 1. The summed E-state index contributed by atoms with van der Waals surface area (Å²) in [4.78, 5) is 21.5. The SMILES string of the molecule is COc1ccc(N2CCN(CC(=O)Nc3nc4cc(C)ccc4s3)CC2)cc1. The van der Waals surface area contributed by atoms with Gasteiger partial charge in [0.05, 0.1) is 23.9 Å². The van der Waals surface area contributed by atoms with E-state index < -0.39 is 0 Å². The normalized spacial score (nSPS) is 15.0. The summed E-state index contributed by atoms with van der Waals surface area (Å²) >= 11 is 1.52. The monoisotopic (exact) mass is 396 g/mol. The van der Waals surface area contributed by atoms with E-state index in [1.165, 1.54) is 22.6 Å². The van der Waals surface area contributed by atoms with Crippen molar-refractivity contribution in [2.45, 2.75) is 6.92 Å². The van der Waals surface area contributed by atoms with E-state index in [9.17, 15) is 4.79 Å². The molecule has 1 saturated heterocycles. The molecule has 28 heavy (non-hydrogen) atoms. The highest BCUT2D eigenvalue weighted by molar-refractivity contribution is 7.22. The van der Waals surface area contributed by atoms with Crippen molar-refractivity contribution >= 4 is 38.3 Å². The van der Waals surface area contributed by atoms with Gasteiger partial charge in [0.25, 0.3) is 0 Å². The maximum Gasteiger partial charge on any atom is 0.240 e. The maximum atomic E-state index is 12.4. The van der Waals surface area contributed by atoms with Crippen LogP contribution in [0.4, 0.5) is 10.8 Å². The largest absolute Gasteiger partial charge is 0.497 e. The minimum atomic E-state index is -0.00586. The highest BCUT2D eigenvalue weighted by Gasteiger charge is 2.20. The molecule has 2 aromatic carbocycles. The van der Waals surface area contributed by atoms with Crippen LogP contribution in [0, 0.1) is 6.92 Å². The predicted octanol–water partition coefficient (Wildman–Crippen LogP) is 3.37. The average Bonchev–Trinajstić information content (AvgIpc) is 3.09. The Labute approximate surface area is 168 Å². The molecule has 0 unspecified atom stereocenters. The molecule has 7 heteroatoms. The van der Waals surface area contributed by atoms with E-state index in [1.54, 1.807) is 7.11 Å². The number of rotatable bonds is 5. The smallest absolute Gasteiger partial charge is 0.240 e. The second-order valence-corrected chi connectivity index (χ2v) is 8.03. The van der Waals surface area contributed by atoms with Crippen LogP contribution in [0.5, 0.6) is 5.75 Å². The number of piperazine rings is 1. The van der Waals surface area contributed by atoms with E-state index >= 15 is 0 Å². The van der Waals surface area contributed by atoms with E-state index in [0.717, 1.165) is 42.1 Å². The summed E-state index contributed by atoms with van der Waals surface area (Å²) in [5, 5.41) is 3.62. The zero-order chi connectivity index (χ0) is 19.5. The van der Waals surface area contributed by atoms with Gasteiger partial charge in [-0.2, -0.15) is 0 Å². The predicted molar refractivity (Wildman–Crippen MR) is 115 cm³/mol. The highest BCUT2D eigenvalue weighted by atomic mass is 32.1. The number of anilines is 2. The number of aryl methyl sites for hydroxylation is 1. The van der Waals surface area contributed by atoms with E-state index in [-0.39, 0.29) is 5.91 Å². The van der Waals surface area contributed by atoms with Gasteiger partial charge in [-0.05, 0) is 48.9 Å². The number of benzene rings is 2. The minimum Gasteiger partial charge on any atom is -0.497 e. The Kier molecular flexibility index (Phi) is 5.45. The van der Waals surface area contributed by atoms with Crippen molar-refractivity contribution in [2.75, 3.05) is 50.1 Å². The number of carbonyl (C=O) groups excluding carboxylic acids is 1. The fourth-order valence-electron chi connectivity index (χ4n) is 3.41. The molecule has 146 valence electrons. The fraction of sp³-hybridized carbons (Fsp3) is 0.333. The second kappa shape index (κ2) is 8.16. The molecule has 0 spiro atoms.